The second-order valence-electron chi connectivity index (χ2n) is 11.7. The molecule has 1 aliphatic rings. The third-order valence-corrected chi connectivity index (χ3v) is 7.41. The van der Waals surface area contributed by atoms with E-state index in [0.717, 1.165) is 46.9 Å². The van der Waals surface area contributed by atoms with Gasteiger partial charge in [-0.1, -0.05) is 31.2 Å². The fourth-order valence-corrected chi connectivity index (χ4v) is 5.40. The molecule has 4 aromatic rings. The molecule has 2 aromatic carbocycles. The molecule has 3 amide bonds. The summed E-state index contributed by atoms with van der Waals surface area (Å²) in [7, 11) is 0. The molecule has 2 aromatic heterocycles. The lowest BCUT2D eigenvalue weighted by molar-refractivity contribution is 0.102. The minimum atomic E-state index is -0.287. The third kappa shape index (κ3) is 6.01. The molecule has 0 unspecified atom stereocenters. The molecule has 0 atom stereocenters. The Morgan fingerprint density at radius 3 is 2.49 bits per heavy atom. The molecule has 0 aliphatic carbocycles. The first-order valence-corrected chi connectivity index (χ1v) is 14.1. The zero-order valence-corrected chi connectivity index (χ0v) is 24.2. The van der Waals surface area contributed by atoms with Crippen LogP contribution in [-0.2, 0) is 6.42 Å². The largest absolute Gasteiger partial charge is 0.333 e. The Balaban J connectivity index is 1.36. The number of carbonyl (C=O) groups is 2. The van der Waals surface area contributed by atoms with E-state index in [2.05, 4.69) is 20.8 Å². The zero-order valence-electron chi connectivity index (χ0n) is 24.2. The lowest BCUT2D eigenvalue weighted by Gasteiger charge is -2.34. The monoisotopic (exact) mass is 555 g/mol. The number of hydrogen-bond acceptors (Lipinski definition) is 5. The number of urea groups is 1. The number of piperidine rings is 1. The number of hydrogen-bond donors (Lipinski definition) is 3. The highest BCUT2D eigenvalue weighted by molar-refractivity contribution is 6.11. The molecule has 0 saturated carbocycles. The fraction of sp³-hybridized carbons (Fsp3) is 0.387. The van der Waals surface area contributed by atoms with Gasteiger partial charge in [-0.3, -0.25) is 14.3 Å². The second kappa shape index (κ2) is 11.2. The van der Waals surface area contributed by atoms with Crippen molar-refractivity contribution in [1.29, 1.82) is 0 Å². The molecule has 10 nitrogen and oxygen atoms in total. The molecular weight excluding hydrogens is 518 g/mol. The molecule has 1 saturated heterocycles. The van der Waals surface area contributed by atoms with E-state index in [-0.39, 0.29) is 29.1 Å². The molecule has 3 heterocycles. The zero-order chi connectivity index (χ0) is 29.3. The summed E-state index contributed by atoms with van der Waals surface area (Å²) in [6, 6.07) is 15.0. The van der Waals surface area contributed by atoms with E-state index in [1.807, 2.05) is 86.7 Å². The number of H-pyrrole nitrogens is 1. The summed E-state index contributed by atoms with van der Waals surface area (Å²) in [5, 5.41) is 18.4. The van der Waals surface area contributed by atoms with Gasteiger partial charge in [-0.25, -0.2) is 9.89 Å². The number of carbonyl (C=O) groups excluding carboxylic acids is 2. The SMILES string of the molecule is CCc1cc(NC(=O)c2nn(C3CCN(C(=O)NC(C)(C)C)CC3)c3ccccc23)ccc1-c1n[nH]c(=O)cc1C. The summed E-state index contributed by atoms with van der Waals surface area (Å²) in [6.45, 7) is 11.1. The average molecular weight is 556 g/mol. The molecule has 0 radical (unpaired) electrons. The summed E-state index contributed by atoms with van der Waals surface area (Å²) in [4.78, 5) is 39.7. The second-order valence-corrected chi connectivity index (χ2v) is 11.7. The van der Waals surface area contributed by atoms with E-state index < -0.39 is 0 Å². The van der Waals surface area contributed by atoms with Gasteiger partial charge in [0.05, 0.1) is 17.3 Å². The predicted octanol–water partition coefficient (Wildman–Crippen LogP) is 5.05. The first-order chi connectivity index (χ1) is 19.5. The van der Waals surface area contributed by atoms with Crippen LogP contribution in [-0.4, -0.2) is 55.4 Å². The van der Waals surface area contributed by atoms with Crippen LogP contribution in [0.15, 0.2) is 53.3 Å². The highest BCUT2D eigenvalue weighted by atomic mass is 16.2. The Hall–Kier alpha value is -4.47. The number of aromatic nitrogens is 4. The first kappa shape index (κ1) is 28.1. The maximum atomic E-state index is 13.5. The van der Waals surface area contributed by atoms with Crippen LogP contribution in [0.3, 0.4) is 0 Å². The summed E-state index contributed by atoms with van der Waals surface area (Å²) in [6.07, 6.45) is 2.23. The lowest BCUT2D eigenvalue weighted by atomic mass is 9.99. The van der Waals surface area contributed by atoms with Crippen molar-refractivity contribution in [2.45, 2.75) is 65.5 Å². The van der Waals surface area contributed by atoms with Crippen LogP contribution in [0.4, 0.5) is 10.5 Å². The molecule has 41 heavy (non-hydrogen) atoms. The minimum Gasteiger partial charge on any atom is -0.333 e. The maximum Gasteiger partial charge on any atom is 0.317 e. The highest BCUT2D eigenvalue weighted by Gasteiger charge is 2.28. The van der Waals surface area contributed by atoms with Crippen LogP contribution in [0, 0.1) is 6.92 Å². The van der Waals surface area contributed by atoms with Crippen LogP contribution in [0.2, 0.25) is 0 Å². The first-order valence-electron chi connectivity index (χ1n) is 14.1. The van der Waals surface area contributed by atoms with E-state index in [1.54, 1.807) is 0 Å². The fourth-order valence-electron chi connectivity index (χ4n) is 5.40. The number of para-hydroxylation sites is 1. The Morgan fingerprint density at radius 2 is 1.80 bits per heavy atom. The van der Waals surface area contributed by atoms with Crippen molar-refractivity contribution in [2.75, 3.05) is 18.4 Å². The Labute approximate surface area is 239 Å². The molecule has 214 valence electrons. The van der Waals surface area contributed by atoms with Gasteiger partial charge in [0.25, 0.3) is 11.5 Å². The predicted molar refractivity (Wildman–Crippen MR) is 160 cm³/mol. The van der Waals surface area contributed by atoms with E-state index in [1.165, 1.54) is 6.07 Å². The van der Waals surface area contributed by atoms with Crippen molar-refractivity contribution in [3.63, 3.8) is 0 Å². The van der Waals surface area contributed by atoms with Crippen molar-refractivity contribution >= 4 is 28.5 Å². The van der Waals surface area contributed by atoms with Gasteiger partial charge < -0.3 is 15.5 Å². The van der Waals surface area contributed by atoms with E-state index in [4.69, 9.17) is 5.10 Å². The van der Waals surface area contributed by atoms with Gasteiger partial charge in [-0.15, -0.1) is 0 Å². The Morgan fingerprint density at radius 1 is 1.07 bits per heavy atom. The average Bonchev–Trinajstić information content (AvgIpc) is 3.32. The smallest absolute Gasteiger partial charge is 0.317 e. The number of nitrogens with zero attached hydrogens (tertiary/aromatic N) is 4. The van der Waals surface area contributed by atoms with E-state index >= 15 is 0 Å². The highest BCUT2D eigenvalue weighted by Crippen LogP contribution is 2.30. The minimum absolute atomic E-state index is 0.0506. The number of rotatable bonds is 5. The molecule has 1 aliphatic heterocycles. The standard InChI is InChI=1S/C31H37N7O3/c1-6-20-18-21(11-12-23(20)27-19(2)17-26(39)34-35-27)32-29(40)28-24-9-7-8-10-25(24)38(36-28)22-13-15-37(16-14-22)30(41)33-31(3,4)5/h7-12,17-18,22H,6,13-16H2,1-5H3,(H,32,40)(H,33,41)(H,34,39). The van der Waals surface area contributed by atoms with Gasteiger partial charge in [-0.2, -0.15) is 10.2 Å². The number of amides is 3. The Kier molecular flexibility index (Phi) is 7.66. The van der Waals surface area contributed by atoms with Crippen molar-refractivity contribution < 1.29 is 9.59 Å². The number of aromatic amines is 1. The molecule has 0 bridgehead atoms. The van der Waals surface area contributed by atoms with Gasteiger partial charge in [0, 0.05) is 41.3 Å². The number of nitrogens with one attached hydrogen (secondary N) is 3. The van der Waals surface area contributed by atoms with Crippen LogP contribution < -0.4 is 16.2 Å². The molecule has 0 spiro atoms. The topological polar surface area (TPSA) is 125 Å². The summed E-state index contributed by atoms with van der Waals surface area (Å²) in [5.74, 6) is -0.282. The molecule has 1 fully saturated rings. The van der Waals surface area contributed by atoms with Crippen LogP contribution in [0.5, 0.6) is 0 Å². The van der Waals surface area contributed by atoms with Gasteiger partial charge in [0.2, 0.25) is 0 Å². The summed E-state index contributed by atoms with van der Waals surface area (Å²) < 4.78 is 1.95. The number of likely N-dealkylation sites (tertiary alicyclic amines) is 1. The normalized spacial score (nSPS) is 14.3. The Bertz CT molecular complexity index is 1660. The van der Waals surface area contributed by atoms with Gasteiger partial charge in [0.15, 0.2) is 5.69 Å². The van der Waals surface area contributed by atoms with E-state index in [9.17, 15) is 14.4 Å². The van der Waals surface area contributed by atoms with Crippen LogP contribution in [0.1, 0.15) is 68.2 Å². The summed E-state index contributed by atoms with van der Waals surface area (Å²) in [5.41, 5.74) is 4.83. The number of fused-ring (bicyclic) bond motifs is 1. The molecule has 10 heteroatoms. The van der Waals surface area contributed by atoms with Crippen molar-refractivity contribution in [3.05, 3.63) is 75.7 Å². The molecular formula is C31H37N7O3. The number of benzene rings is 2. The van der Waals surface area contributed by atoms with Crippen molar-refractivity contribution in [3.8, 4) is 11.3 Å². The van der Waals surface area contributed by atoms with E-state index in [0.29, 0.717) is 30.2 Å². The maximum absolute atomic E-state index is 13.5. The van der Waals surface area contributed by atoms with Crippen LogP contribution in [0.25, 0.3) is 22.2 Å². The third-order valence-electron chi connectivity index (χ3n) is 7.41. The molecule has 5 rings (SSSR count). The van der Waals surface area contributed by atoms with Crippen molar-refractivity contribution in [2.24, 2.45) is 0 Å². The number of anilines is 1. The summed E-state index contributed by atoms with van der Waals surface area (Å²) >= 11 is 0. The van der Waals surface area contributed by atoms with Gasteiger partial charge >= 0.3 is 6.03 Å². The van der Waals surface area contributed by atoms with Gasteiger partial charge in [-0.05, 0) is 76.3 Å². The quantitative estimate of drug-likeness (QED) is 0.318. The van der Waals surface area contributed by atoms with Gasteiger partial charge in [0.1, 0.15) is 0 Å². The number of aryl methyl sites for hydroxylation is 2. The van der Waals surface area contributed by atoms with Crippen LogP contribution >= 0.6 is 0 Å². The van der Waals surface area contributed by atoms with Crippen molar-refractivity contribution in [1.82, 2.24) is 30.2 Å². The molecule has 3 N–H and O–H groups in total. The lowest BCUT2D eigenvalue weighted by Crippen LogP contribution is -2.50.